The second-order valence-electron chi connectivity index (χ2n) is 5.87. The standard InChI is InChI=1S/C17H17N3OS2/c1-11-7-12(23-10-11)8-20-5-4-13-14(9-20)18-16(19-17(13)21)15-3-2-6-22-15/h2-3,6-7,10H,4-5,8-9H2,1H3,(H,18,19,21). The Morgan fingerprint density at radius 1 is 1.39 bits per heavy atom. The van der Waals surface area contributed by atoms with Crippen LogP contribution < -0.4 is 5.56 Å². The summed E-state index contributed by atoms with van der Waals surface area (Å²) in [6, 6.07) is 6.21. The van der Waals surface area contributed by atoms with Crippen LogP contribution in [0.25, 0.3) is 10.7 Å². The molecule has 1 aliphatic rings. The van der Waals surface area contributed by atoms with Gasteiger partial charge in [-0.15, -0.1) is 22.7 Å². The molecule has 118 valence electrons. The van der Waals surface area contributed by atoms with Gasteiger partial charge in [0.25, 0.3) is 5.56 Å². The Morgan fingerprint density at radius 3 is 3.04 bits per heavy atom. The van der Waals surface area contributed by atoms with Crippen LogP contribution in [0.2, 0.25) is 0 Å². The minimum Gasteiger partial charge on any atom is -0.306 e. The maximum atomic E-state index is 12.3. The molecule has 4 nitrogen and oxygen atoms in total. The topological polar surface area (TPSA) is 49.0 Å². The molecule has 0 aliphatic carbocycles. The molecule has 6 heteroatoms. The molecular formula is C17H17N3OS2. The maximum Gasteiger partial charge on any atom is 0.254 e. The second-order valence-corrected chi connectivity index (χ2v) is 7.81. The van der Waals surface area contributed by atoms with Gasteiger partial charge in [-0.3, -0.25) is 9.69 Å². The lowest BCUT2D eigenvalue weighted by Gasteiger charge is -2.27. The fourth-order valence-electron chi connectivity index (χ4n) is 2.95. The van der Waals surface area contributed by atoms with E-state index < -0.39 is 0 Å². The van der Waals surface area contributed by atoms with Gasteiger partial charge >= 0.3 is 0 Å². The fourth-order valence-corrected chi connectivity index (χ4v) is 4.54. The Balaban J connectivity index is 1.61. The van der Waals surface area contributed by atoms with E-state index >= 15 is 0 Å². The minimum absolute atomic E-state index is 0.0185. The highest BCUT2D eigenvalue weighted by Crippen LogP contribution is 2.24. The third kappa shape index (κ3) is 3.02. The molecule has 4 rings (SSSR count). The zero-order valence-electron chi connectivity index (χ0n) is 12.8. The Bertz CT molecular complexity index is 880. The first-order chi connectivity index (χ1) is 11.2. The molecule has 4 heterocycles. The van der Waals surface area contributed by atoms with Crippen molar-refractivity contribution in [1.82, 2.24) is 14.9 Å². The maximum absolute atomic E-state index is 12.3. The summed E-state index contributed by atoms with van der Waals surface area (Å²) in [6.45, 7) is 4.71. The van der Waals surface area contributed by atoms with Crippen LogP contribution >= 0.6 is 22.7 Å². The molecule has 23 heavy (non-hydrogen) atoms. The highest BCUT2D eigenvalue weighted by molar-refractivity contribution is 7.13. The number of thiophene rings is 2. The number of hydrogen-bond donors (Lipinski definition) is 1. The van der Waals surface area contributed by atoms with Crippen molar-refractivity contribution < 1.29 is 0 Å². The predicted octanol–water partition coefficient (Wildman–Crippen LogP) is 3.43. The van der Waals surface area contributed by atoms with Crippen LogP contribution in [0, 0.1) is 6.92 Å². The van der Waals surface area contributed by atoms with Crippen LogP contribution in [0.5, 0.6) is 0 Å². The van der Waals surface area contributed by atoms with Gasteiger partial charge in [-0.2, -0.15) is 0 Å². The van der Waals surface area contributed by atoms with Crippen molar-refractivity contribution in [1.29, 1.82) is 0 Å². The lowest BCUT2D eigenvalue weighted by Crippen LogP contribution is -2.34. The van der Waals surface area contributed by atoms with Crippen LogP contribution in [0.15, 0.2) is 33.8 Å². The van der Waals surface area contributed by atoms with E-state index in [0.717, 1.165) is 42.2 Å². The van der Waals surface area contributed by atoms with Crippen molar-refractivity contribution in [3.05, 3.63) is 61.0 Å². The number of H-pyrrole nitrogens is 1. The molecule has 1 aliphatic heterocycles. The average molecular weight is 343 g/mol. The molecule has 0 spiro atoms. The van der Waals surface area contributed by atoms with E-state index in [2.05, 4.69) is 28.3 Å². The van der Waals surface area contributed by atoms with Crippen molar-refractivity contribution in [3.8, 4) is 10.7 Å². The first kappa shape index (κ1) is 14.8. The zero-order chi connectivity index (χ0) is 15.8. The quantitative estimate of drug-likeness (QED) is 0.793. The molecule has 0 radical (unpaired) electrons. The summed E-state index contributed by atoms with van der Waals surface area (Å²) < 4.78 is 0. The summed E-state index contributed by atoms with van der Waals surface area (Å²) >= 11 is 3.40. The zero-order valence-corrected chi connectivity index (χ0v) is 14.5. The molecule has 0 saturated heterocycles. The molecule has 0 saturated carbocycles. The van der Waals surface area contributed by atoms with Gasteiger partial charge in [0.2, 0.25) is 0 Å². The summed E-state index contributed by atoms with van der Waals surface area (Å²) in [5, 5.41) is 4.19. The third-order valence-corrected chi connectivity index (χ3v) is 5.99. The number of nitrogens with zero attached hydrogens (tertiary/aromatic N) is 2. The molecule has 0 amide bonds. The predicted molar refractivity (Wildman–Crippen MR) is 95.0 cm³/mol. The molecule has 0 unspecified atom stereocenters. The first-order valence-corrected chi connectivity index (χ1v) is 9.37. The lowest BCUT2D eigenvalue weighted by atomic mass is 10.1. The molecule has 0 atom stereocenters. The van der Waals surface area contributed by atoms with Crippen LogP contribution in [0.1, 0.15) is 21.7 Å². The summed E-state index contributed by atoms with van der Waals surface area (Å²) in [7, 11) is 0. The van der Waals surface area contributed by atoms with Gasteiger partial charge in [-0.25, -0.2) is 4.98 Å². The average Bonchev–Trinajstić information content (AvgIpc) is 3.19. The molecule has 1 N–H and O–H groups in total. The number of aromatic nitrogens is 2. The van der Waals surface area contributed by atoms with Gasteiger partial charge < -0.3 is 4.98 Å². The van der Waals surface area contributed by atoms with E-state index in [1.54, 1.807) is 22.7 Å². The SMILES string of the molecule is Cc1csc(CN2CCc3c(nc(-c4cccs4)[nH]c3=O)C2)c1. The number of nitrogens with one attached hydrogen (secondary N) is 1. The molecule has 0 aromatic carbocycles. The van der Waals surface area contributed by atoms with Crippen LogP contribution in [0.3, 0.4) is 0 Å². The minimum atomic E-state index is 0.0185. The van der Waals surface area contributed by atoms with Crippen LogP contribution in [0.4, 0.5) is 0 Å². The molecule has 3 aromatic rings. The molecular weight excluding hydrogens is 326 g/mol. The van der Waals surface area contributed by atoms with Gasteiger partial charge in [-0.05, 0) is 41.8 Å². The first-order valence-electron chi connectivity index (χ1n) is 7.61. The number of hydrogen-bond acceptors (Lipinski definition) is 5. The lowest BCUT2D eigenvalue weighted by molar-refractivity contribution is 0.242. The smallest absolute Gasteiger partial charge is 0.254 e. The van der Waals surface area contributed by atoms with Crippen molar-refractivity contribution in [2.75, 3.05) is 6.54 Å². The highest BCUT2D eigenvalue weighted by Gasteiger charge is 2.21. The monoisotopic (exact) mass is 343 g/mol. The van der Waals surface area contributed by atoms with E-state index in [1.165, 1.54) is 10.4 Å². The largest absolute Gasteiger partial charge is 0.306 e. The number of rotatable bonds is 3. The van der Waals surface area contributed by atoms with Crippen molar-refractivity contribution >= 4 is 22.7 Å². The highest BCUT2D eigenvalue weighted by atomic mass is 32.1. The summed E-state index contributed by atoms with van der Waals surface area (Å²) in [4.78, 5) is 24.8. The van der Waals surface area contributed by atoms with Gasteiger partial charge in [0.1, 0.15) is 0 Å². The van der Waals surface area contributed by atoms with E-state index in [9.17, 15) is 4.79 Å². The van der Waals surface area contributed by atoms with E-state index in [4.69, 9.17) is 4.98 Å². The Labute approximate surface area is 142 Å². The molecule has 3 aromatic heterocycles. The van der Waals surface area contributed by atoms with Gasteiger partial charge in [-0.1, -0.05) is 6.07 Å². The fraction of sp³-hybridized carbons (Fsp3) is 0.294. The Hall–Kier alpha value is -1.76. The summed E-state index contributed by atoms with van der Waals surface area (Å²) in [5.74, 6) is 0.692. The number of fused-ring (bicyclic) bond motifs is 1. The van der Waals surface area contributed by atoms with E-state index in [-0.39, 0.29) is 5.56 Å². The summed E-state index contributed by atoms with van der Waals surface area (Å²) in [6.07, 6.45) is 0.771. The van der Waals surface area contributed by atoms with Crippen molar-refractivity contribution in [2.45, 2.75) is 26.4 Å². The van der Waals surface area contributed by atoms with Gasteiger partial charge in [0, 0.05) is 30.1 Å². The number of aryl methyl sites for hydroxylation is 1. The number of aromatic amines is 1. The molecule has 0 fully saturated rings. The van der Waals surface area contributed by atoms with Crippen LogP contribution in [-0.4, -0.2) is 21.4 Å². The third-order valence-electron chi connectivity index (χ3n) is 4.07. The van der Waals surface area contributed by atoms with Crippen molar-refractivity contribution in [2.24, 2.45) is 0 Å². The summed E-state index contributed by atoms with van der Waals surface area (Å²) in [5.41, 5.74) is 3.11. The Morgan fingerprint density at radius 2 is 2.30 bits per heavy atom. The normalized spacial score (nSPS) is 14.8. The Kier molecular flexibility index (Phi) is 3.88. The van der Waals surface area contributed by atoms with Crippen LogP contribution in [-0.2, 0) is 19.5 Å². The van der Waals surface area contributed by atoms with Gasteiger partial charge in [0.15, 0.2) is 5.82 Å². The second kappa shape index (κ2) is 6.03. The van der Waals surface area contributed by atoms with Crippen molar-refractivity contribution in [3.63, 3.8) is 0 Å². The van der Waals surface area contributed by atoms with Gasteiger partial charge in [0.05, 0.1) is 10.6 Å². The van der Waals surface area contributed by atoms with E-state index in [0.29, 0.717) is 5.82 Å². The van der Waals surface area contributed by atoms with E-state index in [1.807, 2.05) is 17.5 Å². The molecule has 0 bridgehead atoms.